The Bertz CT molecular complexity index is 1070. The monoisotopic (exact) mass is 492 g/mol. The summed E-state index contributed by atoms with van der Waals surface area (Å²) < 4.78 is 36.1. The van der Waals surface area contributed by atoms with Crippen LogP contribution in [0.5, 0.6) is 5.75 Å². The number of hydrogen-bond acceptors (Lipinski definition) is 6. The molecule has 184 valence electrons. The minimum absolute atomic E-state index is 0.0464. The van der Waals surface area contributed by atoms with Crippen molar-refractivity contribution in [2.24, 2.45) is 5.41 Å². The van der Waals surface area contributed by atoms with Gasteiger partial charge in [-0.1, -0.05) is 20.8 Å². The van der Waals surface area contributed by atoms with E-state index in [1.54, 1.807) is 19.9 Å². The first-order valence-electron chi connectivity index (χ1n) is 10.6. The number of alkyl halides is 2. The van der Waals surface area contributed by atoms with Gasteiger partial charge in [0.2, 0.25) is 0 Å². The van der Waals surface area contributed by atoms with Crippen LogP contribution in [0.2, 0.25) is 0 Å². The highest BCUT2D eigenvalue weighted by Crippen LogP contribution is 2.43. The predicted octanol–water partition coefficient (Wildman–Crippen LogP) is 4.94. The van der Waals surface area contributed by atoms with E-state index in [0.29, 0.717) is 22.2 Å². The van der Waals surface area contributed by atoms with E-state index in [1.807, 2.05) is 6.92 Å². The maximum absolute atomic E-state index is 13.2. The van der Waals surface area contributed by atoms with Crippen molar-refractivity contribution in [3.63, 3.8) is 0 Å². The van der Waals surface area contributed by atoms with Crippen LogP contribution in [0, 0.1) is 16.7 Å². The van der Waals surface area contributed by atoms with Gasteiger partial charge in [0.05, 0.1) is 30.2 Å². The van der Waals surface area contributed by atoms with Crippen molar-refractivity contribution in [1.29, 1.82) is 5.26 Å². The standard InChI is InChI=1S/C24H30F2N4O3S/c1-12-17(11-27)20(19(13(2)28-12)21(31)32-7)16-10-15(8-9-18(16)33-22(25)26)30-23(34)29-14(3)24(4,5)6/h8-10,14,20,22,28H,1-7H3,(H2,29,30,34). The van der Waals surface area contributed by atoms with Gasteiger partial charge in [0, 0.05) is 28.7 Å². The highest BCUT2D eigenvalue weighted by molar-refractivity contribution is 7.80. The molecule has 2 atom stereocenters. The molecule has 34 heavy (non-hydrogen) atoms. The topological polar surface area (TPSA) is 95.4 Å². The lowest BCUT2D eigenvalue weighted by molar-refractivity contribution is -0.136. The highest BCUT2D eigenvalue weighted by atomic mass is 32.1. The third-order valence-corrected chi connectivity index (χ3v) is 5.95. The van der Waals surface area contributed by atoms with Gasteiger partial charge in [-0.05, 0) is 56.6 Å². The third kappa shape index (κ3) is 6.23. The number of benzene rings is 1. The molecule has 1 aliphatic rings. The van der Waals surface area contributed by atoms with Gasteiger partial charge in [0.25, 0.3) is 0 Å². The zero-order valence-corrected chi connectivity index (χ0v) is 21.1. The summed E-state index contributed by atoms with van der Waals surface area (Å²) in [6.07, 6.45) is 0. The van der Waals surface area contributed by atoms with Crippen molar-refractivity contribution in [3.8, 4) is 11.8 Å². The number of rotatable bonds is 6. The van der Waals surface area contributed by atoms with E-state index in [9.17, 15) is 18.8 Å². The predicted molar refractivity (Wildman–Crippen MR) is 130 cm³/mol. The van der Waals surface area contributed by atoms with Crippen LogP contribution in [0.15, 0.2) is 40.7 Å². The number of carbonyl (C=O) groups is 1. The maximum atomic E-state index is 13.2. The molecule has 1 aromatic rings. The number of esters is 1. The normalized spacial score (nSPS) is 17.0. The number of thiocarbonyl (C=S) groups is 1. The van der Waals surface area contributed by atoms with Gasteiger partial charge < -0.3 is 25.4 Å². The zero-order chi connectivity index (χ0) is 25.8. The van der Waals surface area contributed by atoms with E-state index in [1.165, 1.54) is 19.2 Å². The number of nitrogens with one attached hydrogen (secondary N) is 3. The molecule has 7 nitrogen and oxygen atoms in total. The lowest BCUT2D eigenvalue weighted by atomic mass is 9.80. The number of allylic oxidation sites excluding steroid dienone is 3. The summed E-state index contributed by atoms with van der Waals surface area (Å²) in [5.41, 5.74) is 1.89. The van der Waals surface area contributed by atoms with Gasteiger partial charge in [-0.2, -0.15) is 14.0 Å². The number of anilines is 1. The van der Waals surface area contributed by atoms with Crippen molar-refractivity contribution >= 4 is 29.0 Å². The van der Waals surface area contributed by atoms with Crippen molar-refractivity contribution in [2.45, 2.75) is 60.1 Å². The summed E-state index contributed by atoms with van der Waals surface area (Å²) in [4.78, 5) is 12.7. The quantitative estimate of drug-likeness (QED) is 0.380. The summed E-state index contributed by atoms with van der Waals surface area (Å²) >= 11 is 5.42. The number of methoxy groups -OCH3 is 1. The van der Waals surface area contributed by atoms with Gasteiger partial charge in [0.1, 0.15) is 5.75 Å². The molecule has 0 fully saturated rings. The Morgan fingerprint density at radius 2 is 1.91 bits per heavy atom. The molecule has 0 saturated heterocycles. The van der Waals surface area contributed by atoms with Crippen molar-refractivity contribution in [1.82, 2.24) is 10.6 Å². The highest BCUT2D eigenvalue weighted by Gasteiger charge is 2.36. The SMILES string of the molecule is COC(=O)C1=C(C)NC(C)=C(C#N)C1c1cc(NC(=S)NC(C)C(C)(C)C)ccc1OC(F)F. The first kappa shape index (κ1) is 27.1. The number of ether oxygens (including phenoxy) is 2. The molecular formula is C24H30F2N4O3S. The molecular weight excluding hydrogens is 462 g/mol. The van der Waals surface area contributed by atoms with Crippen LogP contribution >= 0.6 is 12.2 Å². The largest absolute Gasteiger partial charge is 0.466 e. The first-order valence-corrected chi connectivity index (χ1v) is 11.0. The minimum Gasteiger partial charge on any atom is -0.466 e. The van der Waals surface area contributed by atoms with Crippen LogP contribution in [-0.4, -0.2) is 30.8 Å². The third-order valence-electron chi connectivity index (χ3n) is 5.73. The van der Waals surface area contributed by atoms with Crippen LogP contribution < -0.4 is 20.7 Å². The van der Waals surface area contributed by atoms with Gasteiger partial charge in [-0.25, -0.2) is 4.79 Å². The second kappa shape index (κ2) is 10.8. The van der Waals surface area contributed by atoms with Crippen molar-refractivity contribution < 1.29 is 23.0 Å². The number of carbonyl (C=O) groups excluding carboxylic acids is 1. The summed E-state index contributed by atoms with van der Waals surface area (Å²) in [7, 11) is 1.21. The summed E-state index contributed by atoms with van der Waals surface area (Å²) in [6.45, 7) is 8.43. The van der Waals surface area contributed by atoms with Crippen LogP contribution in [0.1, 0.15) is 53.0 Å². The minimum atomic E-state index is -3.10. The van der Waals surface area contributed by atoms with Crippen LogP contribution in [0.3, 0.4) is 0 Å². The Hall–Kier alpha value is -3.19. The first-order chi connectivity index (χ1) is 15.8. The summed E-state index contributed by atoms with van der Waals surface area (Å²) in [6, 6.07) is 6.58. The Morgan fingerprint density at radius 1 is 1.26 bits per heavy atom. The zero-order valence-electron chi connectivity index (χ0n) is 20.3. The number of nitrogens with zero attached hydrogens (tertiary/aromatic N) is 1. The van der Waals surface area contributed by atoms with Crippen LogP contribution in [-0.2, 0) is 9.53 Å². The lowest BCUT2D eigenvalue weighted by Crippen LogP contribution is -2.43. The molecule has 0 spiro atoms. The van der Waals surface area contributed by atoms with Gasteiger partial charge in [-0.3, -0.25) is 0 Å². The summed E-state index contributed by atoms with van der Waals surface area (Å²) in [5.74, 6) is -1.83. The van der Waals surface area contributed by atoms with Crippen molar-refractivity contribution in [3.05, 3.63) is 46.3 Å². The fourth-order valence-corrected chi connectivity index (χ4v) is 3.76. The molecule has 10 heteroatoms. The number of halogens is 2. The van der Waals surface area contributed by atoms with E-state index in [4.69, 9.17) is 21.7 Å². The fourth-order valence-electron chi connectivity index (χ4n) is 3.47. The molecule has 0 amide bonds. The molecule has 0 aliphatic carbocycles. The molecule has 1 aromatic carbocycles. The van der Waals surface area contributed by atoms with E-state index in [-0.39, 0.29) is 33.9 Å². The number of hydrogen-bond donors (Lipinski definition) is 3. The van der Waals surface area contributed by atoms with Crippen LogP contribution in [0.4, 0.5) is 14.5 Å². The van der Waals surface area contributed by atoms with Gasteiger partial charge in [-0.15, -0.1) is 0 Å². The molecule has 2 unspecified atom stereocenters. The fraction of sp³-hybridized carbons (Fsp3) is 0.458. The number of dihydropyridines is 1. The Labute approximate surface area is 204 Å². The summed E-state index contributed by atoms with van der Waals surface area (Å²) in [5, 5.41) is 19.4. The second-order valence-electron chi connectivity index (χ2n) is 9.06. The molecule has 1 aliphatic heterocycles. The molecule has 0 saturated carbocycles. The molecule has 1 heterocycles. The average molecular weight is 493 g/mol. The van der Waals surface area contributed by atoms with Crippen molar-refractivity contribution in [2.75, 3.05) is 12.4 Å². The van der Waals surface area contributed by atoms with E-state index < -0.39 is 18.5 Å². The Kier molecular flexibility index (Phi) is 8.61. The van der Waals surface area contributed by atoms with E-state index in [2.05, 4.69) is 42.8 Å². The maximum Gasteiger partial charge on any atom is 0.387 e. The Morgan fingerprint density at radius 3 is 2.44 bits per heavy atom. The van der Waals surface area contributed by atoms with Gasteiger partial charge in [0.15, 0.2) is 5.11 Å². The van der Waals surface area contributed by atoms with Gasteiger partial charge >= 0.3 is 12.6 Å². The lowest BCUT2D eigenvalue weighted by Gasteiger charge is -2.30. The van der Waals surface area contributed by atoms with Crippen LogP contribution in [0.25, 0.3) is 0 Å². The number of nitriles is 1. The molecule has 2 rings (SSSR count). The van der Waals surface area contributed by atoms with E-state index >= 15 is 0 Å². The Balaban J connectivity index is 2.59. The molecule has 0 radical (unpaired) electrons. The average Bonchev–Trinajstić information content (AvgIpc) is 2.72. The second-order valence-corrected chi connectivity index (χ2v) is 9.46. The smallest absolute Gasteiger partial charge is 0.387 e. The molecule has 3 N–H and O–H groups in total. The van der Waals surface area contributed by atoms with E-state index in [0.717, 1.165) is 0 Å². The molecule has 0 aromatic heterocycles. The molecule has 0 bridgehead atoms.